The zero-order chi connectivity index (χ0) is 21.3. The standard InChI is InChI=1S/C24H32N2O5/c27-22-15-29-16-24(25-22)11-3-12-26-21(24)14-31-18-8-6-17(7-9-18)19-4-1-2-5-20(19)30-13-10-23(26)28/h1-2,4-5,17-18,21H,3,6-16H2,(H,25,27). The van der Waals surface area contributed by atoms with Gasteiger partial charge < -0.3 is 24.4 Å². The number of para-hydroxylation sites is 1. The lowest BCUT2D eigenvalue weighted by atomic mass is 9.80. The van der Waals surface area contributed by atoms with Gasteiger partial charge in [-0.25, -0.2) is 0 Å². The van der Waals surface area contributed by atoms with Gasteiger partial charge in [0.2, 0.25) is 11.8 Å². The fourth-order valence-electron chi connectivity index (χ4n) is 5.83. The Kier molecular flexibility index (Phi) is 5.89. The third kappa shape index (κ3) is 4.17. The Morgan fingerprint density at radius 3 is 2.77 bits per heavy atom. The van der Waals surface area contributed by atoms with Crippen LogP contribution in [0.1, 0.15) is 56.4 Å². The van der Waals surface area contributed by atoms with E-state index < -0.39 is 5.54 Å². The van der Waals surface area contributed by atoms with Crippen molar-refractivity contribution in [3.63, 3.8) is 0 Å². The molecular weight excluding hydrogens is 396 g/mol. The van der Waals surface area contributed by atoms with Crippen LogP contribution in [0.4, 0.5) is 0 Å². The van der Waals surface area contributed by atoms with E-state index in [9.17, 15) is 9.59 Å². The molecule has 4 aliphatic heterocycles. The van der Waals surface area contributed by atoms with E-state index in [-0.39, 0.29) is 30.6 Å². The zero-order valence-electron chi connectivity index (χ0n) is 18.0. The minimum atomic E-state index is -0.565. The Morgan fingerprint density at radius 1 is 1.10 bits per heavy atom. The topological polar surface area (TPSA) is 77.1 Å². The normalized spacial score (nSPS) is 34.3. The predicted octanol–water partition coefficient (Wildman–Crippen LogP) is 2.39. The number of carbonyl (C=O) groups is 2. The van der Waals surface area contributed by atoms with Crippen LogP contribution in [-0.2, 0) is 19.1 Å². The van der Waals surface area contributed by atoms with Crippen LogP contribution in [0.3, 0.4) is 0 Å². The van der Waals surface area contributed by atoms with Gasteiger partial charge in [0.15, 0.2) is 0 Å². The van der Waals surface area contributed by atoms with Crippen LogP contribution in [0.2, 0.25) is 0 Å². The highest BCUT2D eigenvalue weighted by atomic mass is 16.5. The van der Waals surface area contributed by atoms with Crippen molar-refractivity contribution < 1.29 is 23.8 Å². The van der Waals surface area contributed by atoms with Crippen LogP contribution in [0.15, 0.2) is 24.3 Å². The number of hydrogen-bond donors (Lipinski definition) is 1. The molecule has 2 unspecified atom stereocenters. The largest absolute Gasteiger partial charge is 0.493 e. The lowest BCUT2D eigenvalue weighted by molar-refractivity contribution is -0.155. The number of piperidine rings is 1. The summed E-state index contributed by atoms with van der Waals surface area (Å²) in [5.74, 6) is 1.31. The highest BCUT2D eigenvalue weighted by Crippen LogP contribution is 2.39. The van der Waals surface area contributed by atoms with Gasteiger partial charge in [-0.05, 0) is 56.1 Å². The van der Waals surface area contributed by atoms with E-state index in [4.69, 9.17) is 14.2 Å². The summed E-state index contributed by atoms with van der Waals surface area (Å²) < 4.78 is 18.2. The summed E-state index contributed by atoms with van der Waals surface area (Å²) in [5, 5.41) is 3.17. The van der Waals surface area contributed by atoms with Crippen molar-refractivity contribution in [2.75, 3.05) is 33.0 Å². The molecule has 1 spiro atoms. The number of morpholine rings is 1. The maximum atomic E-state index is 13.2. The van der Waals surface area contributed by atoms with E-state index in [1.807, 2.05) is 17.0 Å². The second-order valence-electron chi connectivity index (χ2n) is 9.35. The molecule has 1 aromatic carbocycles. The van der Waals surface area contributed by atoms with Crippen LogP contribution in [-0.4, -0.2) is 67.4 Å². The van der Waals surface area contributed by atoms with Crippen LogP contribution in [0.25, 0.3) is 0 Å². The molecule has 1 aliphatic carbocycles. The summed E-state index contributed by atoms with van der Waals surface area (Å²) >= 11 is 0. The number of nitrogens with zero attached hydrogens (tertiary/aromatic N) is 1. The van der Waals surface area contributed by atoms with Gasteiger partial charge in [0, 0.05) is 6.54 Å². The fourth-order valence-corrected chi connectivity index (χ4v) is 5.83. The Balaban J connectivity index is 1.41. The van der Waals surface area contributed by atoms with Crippen LogP contribution in [0.5, 0.6) is 5.75 Å². The first-order chi connectivity index (χ1) is 15.1. The molecule has 3 fully saturated rings. The number of benzene rings is 1. The lowest BCUT2D eigenvalue weighted by Gasteiger charge is -2.51. The molecule has 168 valence electrons. The van der Waals surface area contributed by atoms with Crippen LogP contribution < -0.4 is 10.1 Å². The molecule has 5 aliphatic rings. The summed E-state index contributed by atoms with van der Waals surface area (Å²) in [6.45, 7) is 1.97. The van der Waals surface area contributed by atoms with E-state index in [2.05, 4.69) is 17.4 Å². The molecule has 4 heterocycles. The third-order valence-electron chi connectivity index (χ3n) is 7.43. The molecule has 0 aromatic heterocycles. The number of amides is 2. The first kappa shape index (κ1) is 20.8. The molecule has 2 amide bonds. The van der Waals surface area contributed by atoms with Gasteiger partial charge in [-0.2, -0.15) is 0 Å². The molecule has 2 atom stereocenters. The first-order valence-electron chi connectivity index (χ1n) is 11.7. The summed E-state index contributed by atoms with van der Waals surface area (Å²) in [7, 11) is 0. The zero-order valence-corrected chi connectivity index (χ0v) is 18.0. The Morgan fingerprint density at radius 2 is 1.94 bits per heavy atom. The predicted molar refractivity (Wildman–Crippen MR) is 114 cm³/mol. The molecule has 7 nitrogen and oxygen atoms in total. The Hall–Kier alpha value is -2.12. The molecule has 2 bridgehead atoms. The molecule has 1 aromatic rings. The maximum Gasteiger partial charge on any atom is 0.246 e. The molecule has 0 radical (unpaired) electrons. The van der Waals surface area contributed by atoms with Gasteiger partial charge in [-0.1, -0.05) is 18.2 Å². The van der Waals surface area contributed by atoms with E-state index in [1.165, 1.54) is 5.56 Å². The second kappa shape index (κ2) is 8.79. The number of fused-ring (bicyclic) bond motifs is 6. The van der Waals surface area contributed by atoms with Gasteiger partial charge >= 0.3 is 0 Å². The van der Waals surface area contributed by atoms with Gasteiger partial charge in [0.25, 0.3) is 0 Å². The number of nitrogens with one attached hydrogen (secondary N) is 1. The van der Waals surface area contributed by atoms with E-state index >= 15 is 0 Å². The molecule has 2 saturated heterocycles. The minimum absolute atomic E-state index is 0.0483. The molecule has 7 heteroatoms. The van der Waals surface area contributed by atoms with Crippen LogP contribution >= 0.6 is 0 Å². The smallest absolute Gasteiger partial charge is 0.246 e. The first-order valence-corrected chi connectivity index (χ1v) is 11.7. The van der Waals surface area contributed by atoms with Crippen LogP contribution in [0, 0.1) is 0 Å². The van der Waals surface area contributed by atoms with Gasteiger partial charge in [-0.15, -0.1) is 0 Å². The lowest BCUT2D eigenvalue weighted by Crippen LogP contribution is -2.72. The Bertz CT molecular complexity index is 818. The third-order valence-corrected chi connectivity index (χ3v) is 7.43. The molecule has 6 rings (SSSR count). The highest BCUT2D eigenvalue weighted by Gasteiger charge is 2.49. The van der Waals surface area contributed by atoms with Gasteiger partial charge in [0.1, 0.15) is 12.4 Å². The van der Waals surface area contributed by atoms with Crippen molar-refractivity contribution in [3.8, 4) is 5.75 Å². The van der Waals surface area contributed by atoms with E-state index in [0.717, 1.165) is 44.3 Å². The highest BCUT2D eigenvalue weighted by molar-refractivity contribution is 5.80. The second-order valence-corrected chi connectivity index (χ2v) is 9.35. The van der Waals surface area contributed by atoms with Crippen molar-refractivity contribution in [2.45, 2.75) is 68.5 Å². The number of carbonyl (C=O) groups excluding carboxylic acids is 2. The van der Waals surface area contributed by atoms with Gasteiger partial charge in [-0.3, -0.25) is 9.59 Å². The summed E-state index contributed by atoms with van der Waals surface area (Å²) in [6.07, 6.45) is 6.26. The monoisotopic (exact) mass is 428 g/mol. The molecule has 31 heavy (non-hydrogen) atoms. The Labute approximate surface area is 183 Å². The van der Waals surface area contributed by atoms with Crippen molar-refractivity contribution in [1.82, 2.24) is 10.2 Å². The average molecular weight is 429 g/mol. The molecular formula is C24H32N2O5. The number of hydrogen-bond acceptors (Lipinski definition) is 5. The quantitative estimate of drug-likeness (QED) is 0.687. The van der Waals surface area contributed by atoms with E-state index in [0.29, 0.717) is 38.7 Å². The SMILES string of the molecule is O=C1COCC2(CCCN3C(=O)CCOc4ccccc4C4CCC(CC4)OCC32)N1. The maximum absolute atomic E-state index is 13.2. The summed E-state index contributed by atoms with van der Waals surface area (Å²) in [5.41, 5.74) is 0.688. The fraction of sp³-hybridized carbons (Fsp3) is 0.667. The summed E-state index contributed by atoms with van der Waals surface area (Å²) in [4.78, 5) is 27.3. The minimum Gasteiger partial charge on any atom is -0.493 e. The molecule has 1 N–H and O–H groups in total. The van der Waals surface area contributed by atoms with Crippen molar-refractivity contribution in [3.05, 3.63) is 29.8 Å². The number of rotatable bonds is 0. The van der Waals surface area contributed by atoms with Gasteiger partial charge in [0.05, 0.1) is 43.9 Å². The summed E-state index contributed by atoms with van der Waals surface area (Å²) in [6, 6.07) is 8.02. The van der Waals surface area contributed by atoms with E-state index in [1.54, 1.807) is 0 Å². The molecule has 1 saturated carbocycles. The number of ether oxygens (including phenoxy) is 3. The van der Waals surface area contributed by atoms with Crippen molar-refractivity contribution in [2.24, 2.45) is 0 Å². The van der Waals surface area contributed by atoms with Crippen molar-refractivity contribution in [1.29, 1.82) is 0 Å². The average Bonchev–Trinajstić information content (AvgIpc) is 2.78. The van der Waals surface area contributed by atoms with Crippen molar-refractivity contribution >= 4 is 11.8 Å².